The van der Waals surface area contributed by atoms with Gasteiger partial charge in [0.25, 0.3) is 0 Å². The first-order valence-corrected chi connectivity index (χ1v) is 11.8. The van der Waals surface area contributed by atoms with Gasteiger partial charge in [-0.3, -0.25) is 0 Å². The van der Waals surface area contributed by atoms with Gasteiger partial charge in [-0.25, -0.2) is 8.42 Å². The first-order valence-electron chi connectivity index (χ1n) is 9.91. The van der Waals surface area contributed by atoms with E-state index in [-0.39, 0.29) is 5.75 Å². The summed E-state index contributed by atoms with van der Waals surface area (Å²) in [5.41, 5.74) is 4.72. The lowest BCUT2D eigenvalue weighted by Gasteiger charge is -2.16. The van der Waals surface area contributed by atoms with Crippen LogP contribution in [0.5, 0.6) is 5.75 Å². The minimum Gasteiger partial charge on any atom is -0.508 e. The van der Waals surface area contributed by atoms with Crippen LogP contribution in [0.3, 0.4) is 0 Å². The topological polar surface area (TPSA) is 54.4 Å². The van der Waals surface area contributed by atoms with E-state index in [4.69, 9.17) is 0 Å². The predicted molar refractivity (Wildman–Crippen MR) is 115 cm³/mol. The molecule has 0 saturated heterocycles. The van der Waals surface area contributed by atoms with E-state index in [0.29, 0.717) is 23.3 Å². The molecule has 0 aromatic heterocycles. The molecule has 0 spiro atoms. The van der Waals surface area contributed by atoms with E-state index in [1.807, 2.05) is 6.92 Å². The van der Waals surface area contributed by atoms with E-state index < -0.39 is 9.84 Å². The molecule has 0 atom stereocenters. The van der Waals surface area contributed by atoms with Gasteiger partial charge in [0, 0.05) is 11.8 Å². The number of aryl methyl sites for hydroxylation is 1. The number of aromatic hydroxyl groups is 1. The van der Waals surface area contributed by atoms with E-state index in [1.165, 1.54) is 17.4 Å². The second-order valence-electron chi connectivity index (χ2n) is 7.79. The average molecular weight is 393 g/mol. The Morgan fingerprint density at radius 1 is 1.15 bits per heavy atom. The first-order chi connectivity index (χ1) is 12.6. The third-order valence-corrected chi connectivity index (χ3v) is 6.18. The van der Waals surface area contributed by atoms with Crippen LogP contribution >= 0.6 is 0 Å². The van der Waals surface area contributed by atoms with Gasteiger partial charge in [-0.15, -0.1) is 0 Å². The summed E-state index contributed by atoms with van der Waals surface area (Å²) in [4.78, 5) is 0.405. The highest BCUT2D eigenvalue weighted by Gasteiger charge is 2.21. The maximum atomic E-state index is 12.4. The summed E-state index contributed by atoms with van der Waals surface area (Å²) < 4.78 is 24.8. The van der Waals surface area contributed by atoms with Crippen LogP contribution in [0.2, 0.25) is 0 Å². The van der Waals surface area contributed by atoms with E-state index in [2.05, 4.69) is 39.8 Å². The van der Waals surface area contributed by atoms with Gasteiger partial charge in [-0.1, -0.05) is 43.1 Å². The molecule has 0 aliphatic rings. The third-order valence-electron chi connectivity index (χ3n) is 4.87. The lowest BCUT2D eigenvalue weighted by molar-refractivity contribution is 0.466. The molecule has 0 radical (unpaired) electrons. The Morgan fingerprint density at radius 3 is 2.37 bits per heavy atom. The second kappa shape index (κ2) is 10.7. The van der Waals surface area contributed by atoms with Crippen molar-refractivity contribution < 1.29 is 13.5 Å². The zero-order chi connectivity index (χ0) is 20.6. The zero-order valence-electron chi connectivity index (χ0n) is 17.9. The average Bonchev–Trinajstić information content (AvgIpc) is 2.52. The molecule has 0 aliphatic heterocycles. The molecule has 0 heterocycles. The largest absolute Gasteiger partial charge is 0.508 e. The molecule has 0 fully saturated rings. The maximum absolute atomic E-state index is 12.4. The van der Waals surface area contributed by atoms with Crippen LogP contribution in [0.1, 0.15) is 76.5 Å². The van der Waals surface area contributed by atoms with E-state index >= 15 is 0 Å². The molecule has 0 aliphatic carbocycles. The molecular formula is C23H36O3S. The van der Waals surface area contributed by atoms with Crippen LogP contribution in [0, 0.1) is 6.92 Å². The SMILES string of the molecule is CCCCCc1cc(O)c(C/C=C(\C)CCC=C(C)C)c(C)c1S(C)(=O)=O. The van der Waals surface area contributed by atoms with E-state index in [0.717, 1.165) is 43.2 Å². The highest BCUT2D eigenvalue weighted by Crippen LogP contribution is 2.33. The van der Waals surface area contributed by atoms with Crippen molar-refractivity contribution in [3.05, 3.63) is 46.1 Å². The summed E-state index contributed by atoms with van der Waals surface area (Å²) in [7, 11) is -3.34. The van der Waals surface area contributed by atoms with Crippen LogP contribution in [-0.2, 0) is 22.7 Å². The van der Waals surface area contributed by atoms with Crippen molar-refractivity contribution >= 4 is 9.84 Å². The highest BCUT2D eigenvalue weighted by molar-refractivity contribution is 7.90. The number of benzene rings is 1. The van der Waals surface area contributed by atoms with Crippen molar-refractivity contribution in [3.63, 3.8) is 0 Å². The second-order valence-corrected chi connectivity index (χ2v) is 9.74. The number of rotatable bonds is 10. The van der Waals surface area contributed by atoms with Gasteiger partial charge in [-0.2, -0.15) is 0 Å². The normalized spacial score (nSPS) is 12.3. The summed E-state index contributed by atoms with van der Waals surface area (Å²) in [6, 6.07) is 1.67. The van der Waals surface area contributed by atoms with Crippen molar-refractivity contribution in [3.8, 4) is 5.75 Å². The Kier molecular flexibility index (Phi) is 9.31. The standard InChI is InChI=1S/C23H36O3S/c1-7-8-9-13-20-16-22(24)21(19(5)23(20)27(6,25)26)15-14-18(4)12-10-11-17(2)3/h11,14,16,24H,7-10,12-13,15H2,1-6H3/b18-14+. The molecule has 0 unspecified atom stereocenters. The summed E-state index contributed by atoms with van der Waals surface area (Å²) in [6.45, 7) is 10.2. The quantitative estimate of drug-likeness (QED) is 0.388. The molecule has 1 aromatic rings. The van der Waals surface area contributed by atoms with Gasteiger partial charge in [0.1, 0.15) is 5.75 Å². The molecule has 1 aromatic carbocycles. The fourth-order valence-electron chi connectivity index (χ4n) is 3.38. The molecule has 4 heteroatoms. The van der Waals surface area contributed by atoms with Gasteiger partial charge >= 0.3 is 0 Å². The number of allylic oxidation sites excluding steroid dienone is 4. The molecule has 27 heavy (non-hydrogen) atoms. The van der Waals surface area contributed by atoms with Crippen LogP contribution in [0.15, 0.2) is 34.3 Å². The van der Waals surface area contributed by atoms with Gasteiger partial charge in [0.2, 0.25) is 0 Å². The third kappa shape index (κ3) is 7.53. The maximum Gasteiger partial charge on any atom is 0.176 e. The summed E-state index contributed by atoms with van der Waals surface area (Å²) >= 11 is 0. The van der Waals surface area contributed by atoms with Crippen LogP contribution in [-0.4, -0.2) is 19.8 Å². The number of hydrogen-bond donors (Lipinski definition) is 1. The summed E-state index contributed by atoms with van der Waals surface area (Å²) in [6.07, 6.45) is 11.8. The van der Waals surface area contributed by atoms with Gasteiger partial charge in [0.15, 0.2) is 9.84 Å². The van der Waals surface area contributed by atoms with Gasteiger partial charge in [0.05, 0.1) is 4.90 Å². The number of hydrogen-bond acceptors (Lipinski definition) is 3. The molecule has 0 bridgehead atoms. The van der Waals surface area contributed by atoms with Gasteiger partial charge < -0.3 is 5.11 Å². The minimum absolute atomic E-state index is 0.208. The Morgan fingerprint density at radius 2 is 1.81 bits per heavy atom. The Bertz CT molecular complexity index is 795. The Hall–Kier alpha value is -1.55. The monoisotopic (exact) mass is 392 g/mol. The van der Waals surface area contributed by atoms with Crippen molar-refractivity contribution in [1.29, 1.82) is 0 Å². The lowest BCUT2D eigenvalue weighted by atomic mass is 9.96. The lowest BCUT2D eigenvalue weighted by Crippen LogP contribution is -2.08. The molecule has 1 N–H and O–H groups in total. The van der Waals surface area contributed by atoms with Crippen LogP contribution < -0.4 is 0 Å². The fourth-order valence-corrected chi connectivity index (χ4v) is 4.70. The van der Waals surface area contributed by atoms with E-state index in [9.17, 15) is 13.5 Å². The smallest absolute Gasteiger partial charge is 0.176 e. The van der Waals surface area contributed by atoms with Crippen molar-refractivity contribution in [2.75, 3.05) is 6.26 Å². The molecular weight excluding hydrogens is 356 g/mol. The van der Waals surface area contributed by atoms with Crippen LogP contribution in [0.25, 0.3) is 0 Å². The van der Waals surface area contributed by atoms with Crippen LogP contribution in [0.4, 0.5) is 0 Å². The molecule has 3 nitrogen and oxygen atoms in total. The van der Waals surface area contributed by atoms with E-state index in [1.54, 1.807) is 6.07 Å². The predicted octanol–water partition coefficient (Wildman–Crippen LogP) is 6.07. The minimum atomic E-state index is -3.34. The number of unbranched alkanes of at least 4 members (excludes halogenated alkanes) is 2. The fraction of sp³-hybridized carbons (Fsp3) is 0.565. The number of phenolic OH excluding ortho intramolecular Hbond substituents is 1. The van der Waals surface area contributed by atoms with Gasteiger partial charge in [-0.05, 0) is 77.0 Å². The van der Waals surface area contributed by atoms with Crippen molar-refractivity contribution in [2.24, 2.45) is 0 Å². The summed E-state index contributed by atoms with van der Waals surface area (Å²) in [5, 5.41) is 10.5. The number of sulfone groups is 1. The molecule has 1 rings (SSSR count). The number of phenols is 1. The molecule has 0 amide bonds. The highest BCUT2D eigenvalue weighted by atomic mass is 32.2. The Labute approximate surface area is 166 Å². The zero-order valence-corrected chi connectivity index (χ0v) is 18.7. The molecule has 152 valence electrons. The Balaban J connectivity index is 3.16. The van der Waals surface area contributed by atoms with Crippen molar-refractivity contribution in [2.45, 2.75) is 84.5 Å². The summed E-state index contributed by atoms with van der Waals surface area (Å²) in [5.74, 6) is 0.208. The molecule has 0 saturated carbocycles. The first kappa shape index (κ1) is 23.5. The van der Waals surface area contributed by atoms with Crippen molar-refractivity contribution in [1.82, 2.24) is 0 Å².